The van der Waals surface area contributed by atoms with Crippen molar-refractivity contribution >= 4 is 23.5 Å². The highest BCUT2D eigenvalue weighted by Crippen LogP contribution is 2.38. The third kappa shape index (κ3) is 3.47. The zero-order chi connectivity index (χ0) is 15.5. The molecule has 2 atom stereocenters. The van der Waals surface area contributed by atoms with Crippen molar-refractivity contribution in [3.05, 3.63) is 29.3 Å². The minimum Gasteiger partial charge on any atom is -0.482 e. The summed E-state index contributed by atoms with van der Waals surface area (Å²) >= 11 is 5.93. The number of carbonyl (C=O) groups excluding carboxylic acids is 1. The molecule has 0 bridgehead atoms. The van der Waals surface area contributed by atoms with E-state index in [2.05, 4.69) is 5.32 Å². The Labute approximate surface area is 128 Å². The summed E-state index contributed by atoms with van der Waals surface area (Å²) in [5.74, 6) is -0.784. The first-order valence-electron chi connectivity index (χ1n) is 6.83. The molecule has 114 valence electrons. The number of carboxylic acids is 1. The molecule has 1 aromatic carbocycles. The summed E-state index contributed by atoms with van der Waals surface area (Å²) in [4.78, 5) is 23.3. The van der Waals surface area contributed by atoms with Crippen LogP contribution in [0.2, 0.25) is 5.02 Å². The first kappa shape index (κ1) is 15.6. The first-order valence-corrected chi connectivity index (χ1v) is 7.21. The lowest BCUT2D eigenvalue weighted by molar-refractivity contribution is -0.149. The minimum atomic E-state index is -0.903. The van der Waals surface area contributed by atoms with Gasteiger partial charge in [0.2, 0.25) is 0 Å². The Hall–Kier alpha value is -1.75. The van der Waals surface area contributed by atoms with E-state index in [-0.39, 0.29) is 18.6 Å². The molecule has 1 aliphatic carbocycles. The van der Waals surface area contributed by atoms with Crippen LogP contribution in [0.4, 0.5) is 0 Å². The summed E-state index contributed by atoms with van der Waals surface area (Å²) in [6, 6.07) is 6.51. The quantitative estimate of drug-likeness (QED) is 0.876. The van der Waals surface area contributed by atoms with Gasteiger partial charge >= 0.3 is 5.97 Å². The van der Waals surface area contributed by atoms with Gasteiger partial charge in [0, 0.05) is 6.04 Å². The molecule has 1 saturated carbocycles. The van der Waals surface area contributed by atoms with Crippen molar-refractivity contribution < 1.29 is 19.4 Å². The molecule has 0 saturated heterocycles. The van der Waals surface area contributed by atoms with Crippen molar-refractivity contribution in [2.75, 3.05) is 6.61 Å². The molecule has 0 aliphatic heterocycles. The summed E-state index contributed by atoms with van der Waals surface area (Å²) in [6.45, 7) is 1.48. The second-order valence-corrected chi connectivity index (χ2v) is 5.86. The number of hydrogen-bond acceptors (Lipinski definition) is 3. The van der Waals surface area contributed by atoms with Crippen LogP contribution in [0.3, 0.4) is 0 Å². The number of hydrogen-bond donors (Lipinski definition) is 2. The van der Waals surface area contributed by atoms with Gasteiger partial charge in [0.05, 0.1) is 10.4 Å². The zero-order valence-corrected chi connectivity index (χ0v) is 12.5. The molecule has 0 spiro atoms. The van der Waals surface area contributed by atoms with E-state index in [1.54, 1.807) is 31.2 Å². The van der Waals surface area contributed by atoms with E-state index in [4.69, 9.17) is 16.3 Å². The van der Waals surface area contributed by atoms with Gasteiger partial charge in [-0.15, -0.1) is 0 Å². The molecule has 0 radical (unpaired) electrons. The topological polar surface area (TPSA) is 75.6 Å². The fourth-order valence-electron chi connectivity index (χ4n) is 2.59. The molecule has 5 nitrogen and oxygen atoms in total. The second-order valence-electron chi connectivity index (χ2n) is 5.45. The van der Waals surface area contributed by atoms with Crippen LogP contribution in [0.25, 0.3) is 0 Å². The number of carboxylic acid groups (broad SMARTS) is 1. The predicted octanol–water partition coefficient (Wildman–Crippen LogP) is 2.48. The second kappa shape index (κ2) is 6.35. The smallest absolute Gasteiger partial charge is 0.311 e. The van der Waals surface area contributed by atoms with Crippen LogP contribution in [0.15, 0.2) is 24.3 Å². The van der Waals surface area contributed by atoms with E-state index >= 15 is 0 Å². The zero-order valence-electron chi connectivity index (χ0n) is 11.8. The number of benzene rings is 1. The highest BCUT2D eigenvalue weighted by atomic mass is 35.5. The van der Waals surface area contributed by atoms with E-state index in [1.807, 2.05) is 0 Å². The Morgan fingerprint density at radius 2 is 2.19 bits per heavy atom. The SMILES string of the molecule is CC1(C(=O)O)CCCC1NC(=O)COc1ccccc1Cl. The number of halogens is 1. The maximum atomic E-state index is 11.9. The van der Waals surface area contributed by atoms with Gasteiger partial charge in [-0.25, -0.2) is 0 Å². The number of para-hydroxylation sites is 1. The maximum absolute atomic E-state index is 11.9. The van der Waals surface area contributed by atoms with Crippen LogP contribution < -0.4 is 10.1 Å². The molecular weight excluding hydrogens is 294 g/mol. The lowest BCUT2D eigenvalue weighted by Gasteiger charge is -2.27. The van der Waals surface area contributed by atoms with E-state index < -0.39 is 11.4 Å². The summed E-state index contributed by atoms with van der Waals surface area (Å²) in [7, 11) is 0. The van der Waals surface area contributed by atoms with Crippen molar-refractivity contribution in [2.45, 2.75) is 32.2 Å². The third-order valence-corrected chi connectivity index (χ3v) is 4.29. The Balaban J connectivity index is 1.90. The molecule has 0 heterocycles. The lowest BCUT2D eigenvalue weighted by Crippen LogP contribution is -2.48. The number of carbonyl (C=O) groups is 2. The molecule has 1 aromatic rings. The van der Waals surface area contributed by atoms with Gasteiger partial charge in [-0.1, -0.05) is 30.2 Å². The average Bonchev–Trinajstić information content (AvgIpc) is 2.81. The average molecular weight is 312 g/mol. The van der Waals surface area contributed by atoms with E-state index in [1.165, 1.54) is 0 Å². The van der Waals surface area contributed by atoms with Crippen molar-refractivity contribution in [1.29, 1.82) is 0 Å². The van der Waals surface area contributed by atoms with Crippen molar-refractivity contribution in [2.24, 2.45) is 5.41 Å². The van der Waals surface area contributed by atoms with Crippen molar-refractivity contribution in [1.82, 2.24) is 5.32 Å². The highest BCUT2D eigenvalue weighted by Gasteiger charge is 2.45. The Kier molecular flexibility index (Phi) is 4.73. The summed E-state index contributed by atoms with van der Waals surface area (Å²) in [5, 5.41) is 12.5. The van der Waals surface area contributed by atoms with Crippen LogP contribution in [0.5, 0.6) is 5.75 Å². The van der Waals surface area contributed by atoms with E-state index in [9.17, 15) is 14.7 Å². The number of nitrogens with one attached hydrogen (secondary N) is 1. The first-order chi connectivity index (χ1) is 9.93. The van der Waals surface area contributed by atoms with Crippen LogP contribution in [-0.2, 0) is 9.59 Å². The fraction of sp³-hybridized carbons (Fsp3) is 0.467. The van der Waals surface area contributed by atoms with Gasteiger partial charge in [-0.05, 0) is 31.9 Å². The Morgan fingerprint density at radius 3 is 2.86 bits per heavy atom. The molecule has 2 rings (SSSR count). The molecule has 6 heteroatoms. The Bertz CT molecular complexity index is 548. The van der Waals surface area contributed by atoms with Gasteiger partial charge < -0.3 is 15.2 Å². The summed E-state index contributed by atoms with van der Waals surface area (Å²) in [5.41, 5.74) is -0.903. The van der Waals surface area contributed by atoms with E-state index in [0.717, 1.165) is 6.42 Å². The molecule has 2 N–H and O–H groups in total. The third-order valence-electron chi connectivity index (χ3n) is 3.98. The summed E-state index contributed by atoms with van der Waals surface area (Å²) < 4.78 is 5.35. The number of amides is 1. The highest BCUT2D eigenvalue weighted by molar-refractivity contribution is 6.32. The number of ether oxygens (including phenoxy) is 1. The summed E-state index contributed by atoms with van der Waals surface area (Å²) in [6.07, 6.45) is 2.03. The number of rotatable bonds is 5. The molecule has 2 unspecified atom stereocenters. The van der Waals surface area contributed by atoms with Gasteiger partial charge in [-0.2, -0.15) is 0 Å². The van der Waals surface area contributed by atoms with Gasteiger partial charge in [0.25, 0.3) is 5.91 Å². The largest absolute Gasteiger partial charge is 0.482 e. The van der Waals surface area contributed by atoms with Crippen LogP contribution in [0, 0.1) is 5.41 Å². The molecule has 1 amide bonds. The van der Waals surface area contributed by atoms with Crippen LogP contribution in [0.1, 0.15) is 26.2 Å². The number of aliphatic carboxylic acids is 1. The standard InChI is InChI=1S/C15H18ClNO4/c1-15(14(19)20)8-4-7-12(15)17-13(18)9-21-11-6-3-2-5-10(11)16/h2-3,5-6,12H,4,7-9H2,1H3,(H,17,18)(H,19,20). The molecule has 21 heavy (non-hydrogen) atoms. The molecular formula is C15H18ClNO4. The van der Waals surface area contributed by atoms with E-state index in [0.29, 0.717) is 23.6 Å². The van der Waals surface area contributed by atoms with Crippen LogP contribution in [-0.4, -0.2) is 29.6 Å². The van der Waals surface area contributed by atoms with Gasteiger partial charge in [-0.3, -0.25) is 9.59 Å². The maximum Gasteiger partial charge on any atom is 0.311 e. The lowest BCUT2D eigenvalue weighted by atomic mass is 9.85. The molecule has 1 aliphatic rings. The minimum absolute atomic E-state index is 0.185. The fourth-order valence-corrected chi connectivity index (χ4v) is 2.79. The monoisotopic (exact) mass is 311 g/mol. The van der Waals surface area contributed by atoms with Gasteiger partial charge in [0.15, 0.2) is 6.61 Å². The van der Waals surface area contributed by atoms with Crippen LogP contribution >= 0.6 is 11.6 Å². The Morgan fingerprint density at radius 1 is 1.48 bits per heavy atom. The van der Waals surface area contributed by atoms with Crippen molar-refractivity contribution in [3.8, 4) is 5.75 Å². The molecule has 0 aromatic heterocycles. The van der Waals surface area contributed by atoms with Gasteiger partial charge in [0.1, 0.15) is 5.75 Å². The van der Waals surface area contributed by atoms with Crippen molar-refractivity contribution in [3.63, 3.8) is 0 Å². The molecule has 1 fully saturated rings. The predicted molar refractivity (Wildman–Crippen MR) is 78.5 cm³/mol. The normalized spacial score (nSPS) is 24.6.